The fourth-order valence-electron chi connectivity index (χ4n) is 8.91. The second kappa shape index (κ2) is 18.6. The highest BCUT2D eigenvalue weighted by Gasteiger charge is 2.27. The number of benzene rings is 10. The topological polar surface area (TPSA) is 6.48 Å². The highest BCUT2D eigenvalue weighted by atomic mass is 28.3. The minimum absolute atomic E-state index is 1.05. The first-order valence-electron chi connectivity index (χ1n) is 22.8. The van der Waals surface area contributed by atoms with Gasteiger partial charge in [-0.2, -0.15) is 0 Å². The lowest BCUT2D eigenvalue weighted by atomic mass is 9.92. The van der Waals surface area contributed by atoms with Crippen LogP contribution in [0.3, 0.4) is 0 Å². The molecule has 0 saturated heterocycles. The molecule has 318 valence electrons. The zero-order valence-corrected chi connectivity index (χ0v) is 38.7. The van der Waals surface area contributed by atoms with Gasteiger partial charge in [0.25, 0.3) is 0 Å². The van der Waals surface area contributed by atoms with E-state index in [9.17, 15) is 0 Å². The molecule has 0 bridgehead atoms. The predicted octanol–water partition coefficient (Wildman–Crippen LogP) is 17.5. The van der Waals surface area contributed by atoms with Gasteiger partial charge in [0.2, 0.25) is 0 Å². The number of nitrogens with zero attached hydrogens (tertiary/aromatic N) is 2. The molecule has 3 heteroatoms. The molecule has 0 unspecified atom stereocenters. The summed E-state index contributed by atoms with van der Waals surface area (Å²) in [5.41, 5.74) is 18.1. The van der Waals surface area contributed by atoms with Gasteiger partial charge in [0.05, 0.1) is 19.4 Å². The van der Waals surface area contributed by atoms with Crippen LogP contribution in [0, 0.1) is 0 Å². The van der Waals surface area contributed by atoms with E-state index in [4.69, 9.17) is 0 Å². The largest absolute Gasteiger partial charge is 0.308 e. The first kappa shape index (κ1) is 42.0. The first-order chi connectivity index (χ1) is 32.4. The van der Waals surface area contributed by atoms with Crippen LogP contribution in [0.2, 0.25) is 19.6 Å². The Bertz CT molecular complexity index is 3060. The second-order valence-electron chi connectivity index (χ2n) is 17.8. The Hall–Kier alpha value is -7.98. The fourth-order valence-corrected chi connectivity index (χ4v) is 10.1. The van der Waals surface area contributed by atoms with Crippen molar-refractivity contribution in [2.24, 2.45) is 0 Å². The third-order valence-electron chi connectivity index (χ3n) is 12.5. The van der Waals surface area contributed by atoms with Crippen molar-refractivity contribution in [2.75, 3.05) is 9.80 Å². The molecule has 10 aromatic rings. The van der Waals surface area contributed by atoms with Crippen LogP contribution in [0.4, 0.5) is 34.1 Å². The molecule has 2 nitrogen and oxygen atoms in total. The van der Waals surface area contributed by atoms with E-state index < -0.39 is 8.07 Å². The van der Waals surface area contributed by atoms with E-state index in [1.807, 2.05) is 0 Å². The van der Waals surface area contributed by atoms with Gasteiger partial charge in [0.15, 0.2) is 0 Å². The summed E-state index contributed by atoms with van der Waals surface area (Å²) in [6.07, 6.45) is 0. The molecule has 0 aliphatic rings. The van der Waals surface area contributed by atoms with Crippen molar-refractivity contribution >= 4 is 47.4 Å². The molecular formula is C63H52N2Si. The predicted molar refractivity (Wildman–Crippen MR) is 286 cm³/mol. The van der Waals surface area contributed by atoms with Crippen molar-refractivity contribution in [3.8, 4) is 55.6 Å². The number of hydrogen-bond donors (Lipinski definition) is 0. The highest BCUT2D eigenvalue weighted by Crippen LogP contribution is 2.50. The molecule has 0 fully saturated rings. The van der Waals surface area contributed by atoms with Gasteiger partial charge in [-0.15, -0.1) is 0 Å². The number of anilines is 6. The van der Waals surface area contributed by atoms with Crippen LogP contribution in [-0.4, -0.2) is 8.07 Å². The molecular weight excluding hydrogens is 813 g/mol. The molecule has 0 aliphatic carbocycles. The summed E-state index contributed by atoms with van der Waals surface area (Å²) in [5, 5.41) is 1.42. The summed E-state index contributed by atoms with van der Waals surface area (Å²) in [6, 6.07) is 94.9. The normalized spacial score (nSPS) is 11.3. The van der Waals surface area contributed by atoms with Gasteiger partial charge in [-0.1, -0.05) is 225 Å². The highest BCUT2D eigenvalue weighted by molar-refractivity contribution is 6.88. The molecule has 0 amide bonds. The third kappa shape index (κ3) is 8.90. The summed E-state index contributed by atoms with van der Waals surface area (Å²) in [7, 11) is -1.59. The molecule has 0 saturated carbocycles. The maximum atomic E-state index is 2.46. The van der Waals surface area contributed by atoms with Crippen molar-refractivity contribution in [1.29, 1.82) is 0 Å². The molecule has 66 heavy (non-hydrogen) atoms. The Labute approximate surface area is 391 Å². The lowest BCUT2D eigenvalue weighted by Gasteiger charge is -2.35. The average Bonchev–Trinajstić information content (AvgIpc) is 3.38. The van der Waals surface area contributed by atoms with Crippen LogP contribution in [-0.2, 0) is 0 Å². The van der Waals surface area contributed by atoms with Gasteiger partial charge in [-0.05, 0) is 116 Å². The van der Waals surface area contributed by atoms with Crippen LogP contribution >= 0.6 is 0 Å². The van der Waals surface area contributed by atoms with Gasteiger partial charge in [0.1, 0.15) is 0 Å². The lowest BCUT2D eigenvalue weighted by Crippen LogP contribution is -2.37. The van der Waals surface area contributed by atoms with Crippen LogP contribution in [0.5, 0.6) is 0 Å². The molecule has 0 atom stereocenters. The van der Waals surface area contributed by atoms with E-state index in [-0.39, 0.29) is 0 Å². The Kier molecular flexibility index (Phi) is 11.8. The maximum absolute atomic E-state index is 2.46. The van der Waals surface area contributed by atoms with Crippen LogP contribution < -0.4 is 15.0 Å². The number of rotatable bonds is 12. The molecule has 0 spiro atoms. The van der Waals surface area contributed by atoms with Crippen molar-refractivity contribution in [2.45, 2.75) is 19.6 Å². The molecule has 10 aromatic carbocycles. The lowest BCUT2D eigenvalue weighted by molar-refractivity contribution is 1.23. The minimum atomic E-state index is -1.59. The van der Waals surface area contributed by atoms with Gasteiger partial charge in [-0.25, -0.2) is 0 Å². The van der Waals surface area contributed by atoms with Gasteiger partial charge in [0, 0.05) is 22.7 Å². The molecule has 0 N–H and O–H groups in total. The maximum Gasteiger partial charge on any atom is 0.0775 e. The molecule has 0 aliphatic heterocycles. The summed E-state index contributed by atoms with van der Waals surface area (Å²) in [6.45, 7) is 7.25. The Morgan fingerprint density at radius 2 is 0.470 bits per heavy atom. The van der Waals surface area contributed by atoms with Gasteiger partial charge in [-0.3, -0.25) is 0 Å². The van der Waals surface area contributed by atoms with Crippen molar-refractivity contribution in [1.82, 2.24) is 0 Å². The van der Waals surface area contributed by atoms with Crippen LogP contribution in [0.1, 0.15) is 0 Å². The van der Waals surface area contributed by atoms with E-state index in [1.165, 1.54) is 38.6 Å². The molecule has 0 radical (unpaired) electrons. The van der Waals surface area contributed by atoms with Gasteiger partial charge >= 0.3 is 0 Å². The average molecular weight is 865 g/mol. The van der Waals surface area contributed by atoms with E-state index in [2.05, 4.69) is 290 Å². The fraction of sp³-hybridized carbons (Fsp3) is 0.0476. The molecule has 0 aromatic heterocycles. The summed E-state index contributed by atoms with van der Waals surface area (Å²) in [4.78, 5) is 4.91. The zero-order chi connectivity index (χ0) is 44.9. The quantitative estimate of drug-likeness (QED) is 0.113. The molecule has 10 rings (SSSR count). The Morgan fingerprint density at radius 1 is 0.242 bits per heavy atom. The van der Waals surface area contributed by atoms with Gasteiger partial charge < -0.3 is 9.80 Å². The Balaban J connectivity index is 1.26. The minimum Gasteiger partial charge on any atom is -0.308 e. The van der Waals surface area contributed by atoms with Crippen molar-refractivity contribution < 1.29 is 0 Å². The van der Waals surface area contributed by atoms with E-state index >= 15 is 0 Å². The van der Waals surface area contributed by atoms with E-state index in [0.717, 1.165) is 56.4 Å². The van der Waals surface area contributed by atoms with Crippen molar-refractivity contribution in [3.05, 3.63) is 261 Å². The second-order valence-corrected chi connectivity index (χ2v) is 22.9. The van der Waals surface area contributed by atoms with Crippen molar-refractivity contribution in [3.63, 3.8) is 0 Å². The zero-order valence-electron chi connectivity index (χ0n) is 37.7. The summed E-state index contributed by atoms with van der Waals surface area (Å²) >= 11 is 0. The third-order valence-corrected chi connectivity index (χ3v) is 14.5. The molecule has 0 heterocycles. The van der Waals surface area contributed by atoms with Crippen LogP contribution in [0.25, 0.3) is 55.6 Å². The summed E-state index contributed by atoms with van der Waals surface area (Å²) < 4.78 is 0. The number of hydrogen-bond acceptors (Lipinski definition) is 2. The smallest absolute Gasteiger partial charge is 0.0775 e. The van der Waals surface area contributed by atoms with E-state index in [1.54, 1.807) is 0 Å². The standard InChI is InChI=1S/C63H52N2Si/c1-66(2,3)59-43-41-58(42-44-59)65(57-39-33-52(34-40-57)49-23-13-6-14-24-49)63-46-61(54-27-17-8-18-28-54)60(53-25-15-7-16-26-53)45-62(63)64(55-35-29-50(30-36-55)47-19-9-4-10-20-47)56-37-31-51(32-38-56)48-21-11-5-12-22-48/h4-46H,1-3H3. The monoisotopic (exact) mass is 864 g/mol. The van der Waals surface area contributed by atoms with Crippen LogP contribution in [0.15, 0.2) is 261 Å². The van der Waals surface area contributed by atoms with E-state index in [0.29, 0.717) is 0 Å². The Morgan fingerprint density at radius 3 is 0.727 bits per heavy atom. The SMILES string of the molecule is C[Si](C)(C)c1ccc(N(c2ccc(-c3ccccc3)cc2)c2cc(-c3ccccc3)c(-c3ccccc3)cc2N(c2ccc(-c3ccccc3)cc2)c2ccc(-c3ccccc3)cc2)cc1. The summed E-state index contributed by atoms with van der Waals surface area (Å²) in [5.74, 6) is 0. The first-order valence-corrected chi connectivity index (χ1v) is 26.3.